The predicted octanol–water partition coefficient (Wildman–Crippen LogP) is 3.82. The average Bonchev–Trinajstić information content (AvgIpc) is 3.04. The van der Waals surface area contributed by atoms with E-state index in [1.54, 1.807) is 37.3 Å². The highest BCUT2D eigenvalue weighted by atomic mass is 79.9. The van der Waals surface area contributed by atoms with E-state index in [4.69, 9.17) is 22.6 Å². The van der Waals surface area contributed by atoms with Gasteiger partial charge in [-0.2, -0.15) is 10.4 Å². The van der Waals surface area contributed by atoms with Gasteiger partial charge >= 0.3 is 0 Å². The number of carbonyl (C=O) groups excluding carboxylic acids is 2. The molecule has 3 N–H and O–H groups in total. The van der Waals surface area contributed by atoms with E-state index >= 15 is 0 Å². The summed E-state index contributed by atoms with van der Waals surface area (Å²) in [6.45, 7) is 1.67. The number of hydrogen-bond acceptors (Lipinski definition) is 4. The maximum atomic E-state index is 13.0. The van der Waals surface area contributed by atoms with Crippen molar-refractivity contribution in [3.63, 3.8) is 0 Å². The third-order valence-corrected chi connectivity index (χ3v) is 4.67. The fourth-order valence-electron chi connectivity index (χ4n) is 2.71. The molecule has 0 bridgehead atoms. The van der Waals surface area contributed by atoms with Crippen LogP contribution in [0.15, 0.2) is 47.1 Å². The van der Waals surface area contributed by atoms with Gasteiger partial charge in [0.05, 0.1) is 33.6 Å². The van der Waals surface area contributed by atoms with Crippen LogP contribution in [0, 0.1) is 18.3 Å². The molecule has 7 nitrogen and oxygen atoms in total. The Morgan fingerprint density at radius 1 is 1.29 bits per heavy atom. The highest BCUT2D eigenvalue weighted by molar-refractivity contribution is 9.10. The van der Waals surface area contributed by atoms with Gasteiger partial charge in [-0.25, -0.2) is 4.68 Å². The molecule has 28 heavy (non-hydrogen) atoms. The van der Waals surface area contributed by atoms with Crippen LogP contribution < -0.4 is 11.1 Å². The zero-order chi connectivity index (χ0) is 20.4. The first kappa shape index (κ1) is 19.6. The lowest BCUT2D eigenvalue weighted by Crippen LogP contribution is -2.21. The summed E-state index contributed by atoms with van der Waals surface area (Å²) in [7, 11) is 0. The lowest BCUT2D eigenvalue weighted by atomic mass is 10.0. The summed E-state index contributed by atoms with van der Waals surface area (Å²) in [6, 6.07) is 13.3. The van der Waals surface area contributed by atoms with Crippen molar-refractivity contribution in [3.8, 4) is 11.8 Å². The Morgan fingerprint density at radius 3 is 2.64 bits per heavy atom. The summed E-state index contributed by atoms with van der Waals surface area (Å²) in [5.74, 6) is -1.27. The molecule has 0 spiro atoms. The maximum absolute atomic E-state index is 13.0. The van der Waals surface area contributed by atoms with Crippen LogP contribution in [0.3, 0.4) is 0 Å². The SMILES string of the molecule is Cc1cc(C#N)cc(C(N)=O)c1NC(=O)c1cc(Br)nn1-c1ccccc1Cl. The fraction of sp³-hybridized carbons (Fsp3) is 0.0526. The molecule has 2 amide bonds. The number of anilines is 1. The number of aryl methyl sites for hydroxylation is 1. The Morgan fingerprint density at radius 2 is 2.00 bits per heavy atom. The number of primary amides is 1. The molecule has 0 atom stereocenters. The average molecular weight is 459 g/mol. The highest BCUT2D eigenvalue weighted by Gasteiger charge is 2.21. The number of carbonyl (C=O) groups is 2. The number of halogens is 2. The van der Waals surface area contributed by atoms with Crippen LogP contribution in [0.2, 0.25) is 5.02 Å². The van der Waals surface area contributed by atoms with Gasteiger partial charge in [0, 0.05) is 6.07 Å². The molecule has 1 heterocycles. The molecule has 0 aliphatic heterocycles. The van der Waals surface area contributed by atoms with Crippen LogP contribution in [0.4, 0.5) is 5.69 Å². The Kier molecular flexibility index (Phi) is 5.49. The van der Waals surface area contributed by atoms with Crippen molar-refractivity contribution in [3.05, 3.63) is 74.5 Å². The third kappa shape index (κ3) is 3.76. The highest BCUT2D eigenvalue weighted by Crippen LogP contribution is 2.26. The molecule has 3 rings (SSSR count). The normalized spacial score (nSPS) is 10.4. The van der Waals surface area contributed by atoms with Gasteiger partial charge in [-0.05, 0) is 52.7 Å². The van der Waals surface area contributed by atoms with Crippen molar-refractivity contribution in [2.45, 2.75) is 6.92 Å². The molecule has 1 aromatic heterocycles. The molecular formula is C19H13BrClN5O2. The molecule has 3 aromatic rings. The molecule has 140 valence electrons. The molecule has 0 aliphatic rings. The maximum Gasteiger partial charge on any atom is 0.274 e. The molecule has 0 saturated carbocycles. The molecular weight excluding hydrogens is 446 g/mol. The van der Waals surface area contributed by atoms with Crippen molar-refractivity contribution < 1.29 is 9.59 Å². The number of nitrogens with one attached hydrogen (secondary N) is 1. The second-order valence-corrected chi connectivity index (χ2v) is 7.08. The summed E-state index contributed by atoms with van der Waals surface area (Å²) in [6.07, 6.45) is 0. The van der Waals surface area contributed by atoms with Crippen LogP contribution in [0.5, 0.6) is 0 Å². The van der Waals surface area contributed by atoms with Gasteiger partial charge in [-0.1, -0.05) is 23.7 Å². The van der Waals surface area contributed by atoms with Crippen LogP contribution in [0.1, 0.15) is 32.0 Å². The molecule has 9 heteroatoms. The molecule has 0 saturated heterocycles. The smallest absolute Gasteiger partial charge is 0.274 e. The Labute approximate surface area is 173 Å². The van der Waals surface area contributed by atoms with Crippen LogP contribution in [-0.2, 0) is 0 Å². The number of nitriles is 1. The first-order valence-electron chi connectivity index (χ1n) is 7.98. The topological polar surface area (TPSA) is 114 Å². The van der Waals surface area contributed by atoms with E-state index in [9.17, 15) is 9.59 Å². The van der Waals surface area contributed by atoms with E-state index in [1.807, 2.05) is 6.07 Å². The molecule has 0 fully saturated rings. The molecule has 0 unspecified atom stereocenters. The van der Waals surface area contributed by atoms with E-state index in [-0.39, 0.29) is 22.5 Å². The van der Waals surface area contributed by atoms with Crippen LogP contribution in [0.25, 0.3) is 5.69 Å². The van der Waals surface area contributed by atoms with Crippen molar-refractivity contribution in [1.82, 2.24) is 9.78 Å². The minimum absolute atomic E-state index is 0.0489. The monoisotopic (exact) mass is 457 g/mol. The van der Waals surface area contributed by atoms with E-state index in [2.05, 4.69) is 26.3 Å². The minimum Gasteiger partial charge on any atom is -0.366 e. The second kappa shape index (κ2) is 7.84. The molecule has 0 aliphatic carbocycles. The number of benzene rings is 2. The van der Waals surface area contributed by atoms with Gasteiger partial charge in [-0.3, -0.25) is 9.59 Å². The van der Waals surface area contributed by atoms with Gasteiger partial charge in [0.25, 0.3) is 11.8 Å². The summed E-state index contributed by atoms with van der Waals surface area (Å²) in [5, 5.41) is 16.5. The Hall–Kier alpha value is -3.15. The van der Waals surface area contributed by atoms with E-state index in [1.165, 1.54) is 16.8 Å². The number of nitrogens with two attached hydrogens (primary N) is 1. The van der Waals surface area contributed by atoms with Crippen molar-refractivity contribution in [2.75, 3.05) is 5.32 Å². The van der Waals surface area contributed by atoms with E-state index in [0.717, 1.165) is 0 Å². The molecule has 0 radical (unpaired) electrons. The van der Waals surface area contributed by atoms with Gasteiger partial charge in [-0.15, -0.1) is 0 Å². The van der Waals surface area contributed by atoms with E-state index in [0.29, 0.717) is 20.9 Å². The second-order valence-electron chi connectivity index (χ2n) is 5.86. The van der Waals surface area contributed by atoms with Gasteiger partial charge in [0.2, 0.25) is 0 Å². The van der Waals surface area contributed by atoms with Gasteiger partial charge < -0.3 is 11.1 Å². The zero-order valence-electron chi connectivity index (χ0n) is 14.5. The minimum atomic E-state index is -0.753. The fourth-order valence-corrected chi connectivity index (χ4v) is 3.30. The quantitative estimate of drug-likeness (QED) is 0.618. The number of rotatable bonds is 4. The van der Waals surface area contributed by atoms with Crippen LogP contribution in [-0.4, -0.2) is 21.6 Å². The first-order chi connectivity index (χ1) is 13.3. The van der Waals surface area contributed by atoms with Crippen molar-refractivity contribution in [2.24, 2.45) is 5.73 Å². The number of aromatic nitrogens is 2. The standard InChI is InChI=1S/C19H13BrClN5O2/c1-10-6-11(9-22)7-12(18(23)27)17(10)24-19(28)15-8-16(20)25-26(15)14-5-3-2-4-13(14)21/h2-8H,1H3,(H2,23,27)(H,24,28). The number of nitrogens with zero attached hydrogens (tertiary/aromatic N) is 3. The van der Waals surface area contributed by atoms with Crippen LogP contribution >= 0.6 is 27.5 Å². The third-order valence-electron chi connectivity index (χ3n) is 3.96. The van der Waals surface area contributed by atoms with Crippen molar-refractivity contribution >= 4 is 45.0 Å². The largest absolute Gasteiger partial charge is 0.366 e. The lowest BCUT2D eigenvalue weighted by molar-refractivity contribution is 0.100. The van der Waals surface area contributed by atoms with Gasteiger partial charge in [0.15, 0.2) is 0 Å². The summed E-state index contributed by atoms with van der Waals surface area (Å²) >= 11 is 9.50. The summed E-state index contributed by atoms with van der Waals surface area (Å²) < 4.78 is 1.83. The first-order valence-corrected chi connectivity index (χ1v) is 9.15. The number of amides is 2. The predicted molar refractivity (Wildman–Crippen MR) is 109 cm³/mol. The zero-order valence-corrected chi connectivity index (χ0v) is 16.9. The van der Waals surface area contributed by atoms with E-state index < -0.39 is 11.8 Å². The van der Waals surface area contributed by atoms with Crippen molar-refractivity contribution in [1.29, 1.82) is 5.26 Å². The number of para-hydroxylation sites is 1. The Balaban J connectivity index is 2.06. The lowest BCUT2D eigenvalue weighted by Gasteiger charge is -2.14. The summed E-state index contributed by atoms with van der Waals surface area (Å²) in [5.41, 5.74) is 7.23. The molecule has 2 aromatic carbocycles. The summed E-state index contributed by atoms with van der Waals surface area (Å²) in [4.78, 5) is 24.8. The number of hydrogen-bond donors (Lipinski definition) is 2. The van der Waals surface area contributed by atoms with Gasteiger partial charge in [0.1, 0.15) is 10.3 Å². The Bertz CT molecular complexity index is 1150.